The van der Waals surface area contributed by atoms with E-state index in [4.69, 9.17) is 4.74 Å². The molecule has 3 rings (SSSR count). The number of rotatable bonds is 3. The third-order valence-electron chi connectivity index (χ3n) is 3.41. The Hall–Kier alpha value is -2.93. The number of hydrogen-bond donors (Lipinski definition) is 0. The second-order valence-electron chi connectivity index (χ2n) is 4.90. The van der Waals surface area contributed by atoms with Crippen LogP contribution in [-0.2, 0) is 0 Å². The molecule has 0 aliphatic rings. The highest BCUT2D eigenvalue weighted by Gasteiger charge is 2.18. The maximum absolute atomic E-state index is 9.61. The first-order valence-electron chi connectivity index (χ1n) is 7.14. The zero-order valence-electron chi connectivity index (χ0n) is 12.5. The summed E-state index contributed by atoms with van der Waals surface area (Å²) in [6, 6.07) is 15.9. The van der Waals surface area contributed by atoms with E-state index in [1.807, 2.05) is 56.3 Å². The van der Waals surface area contributed by atoms with Crippen molar-refractivity contribution < 1.29 is 4.74 Å². The first-order valence-corrected chi connectivity index (χ1v) is 7.14. The Bertz CT molecular complexity index is 867. The molecule has 0 fully saturated rings. The average molecular weight is 289 g/mol. The Labute approximate surface area is 129 Å². The van der Waals surface area contributed by atoms with Crippen molar-refractivity contribution in [2.24, 2.45) is 0 Å². The SMILES string of the molecule is CCOc1nc2nc(C)ccc2c(-c2ccccc2)c1C#N. The van der Waals surface area contributed by atoms with Crippen molar-refractivity contribution in [1.82, 2.24) is 9.97 Å². The molecule has 3 aromatic rings. The molecule has 4 nitrogen and oxygen atoms in total. The van der Waals surface area contributed by atoms with Crippen molar-refractivity contribution in [2.75, 3.05) is 6.61 Å². The van der Waals surface area contributed by atoms with Crippen molar-refractivity contribution >= 4 is 11.0 Å². The van der Waals surface area contributed by atoms with Crippen LogP contribution in [0.4, 0.5) is 0 Å². The number of hydrogen-bond acceptors (Lipinski definition) is 4. The molecular weight excluding hydrogens is 274 g/mol. The zero-order chi connectivity index (χ0) is 15.5. The van der Waals surface area contributed by atoms with Gasteiger partial charge in [-0.15, -0.1) is 0 Å². The number of fused-ring (bicyclic) bond motifs is 1. The largest absolute Gasteiger partial charge is 0.477 e. The molecule has 0 atom stereocenters. The summed E-state index contributed by atoms with van der Waals surface area (Å²) in [5, 5.41) is 10.5. The Kier molecular flexibility index (Phi) is 3.71. The molecule has 2 aromatic heterocycles. The fourth-order valence-electron chi connectivity index (χ4n) is 2.47. The highest BCUT2D eigenvalue weighted by Crippen LogP contribution is 2.35. The lowest BCUT2D eigenvalue weighted by Gasteiger charge is -2.13. The molecule has 0 aliphatic heterocycles. The minimum Gasteiger partial charge on any atom is -0.477 e. The van der Waals surface area contributed by atoms with Crippen LogP contribution in [0.5, 0.6) is 5.88 Å². The van der Waals surface area contributed by atoms with Crippen molar-refractivity contribution in [3.63, 3.8) is 0 Å². The van der Waals surface area contributed by atoms with Gasteiger partial charge in [0.15, 0.2) is 5.65 Å². The van der Waals surface area contributed by atoms with Gasteiger partial charge in [-0.2, -0.15) is 10.2 Å². The lowest BCUT2D eigenvalue weighted by Crippen LogP contribution is -2.02. The first-order chi connectivity index (χ1) is 10.7. The van der Waals surface area contributed by atoms with Crippen molar-refractivity contribution in [1.29, 1.82) is 5.26 Å². The normalized spacial score (nSPS) is 10.4. The summed E-state index contributed by atoms with van der Waals surface area (Å²) < 4.78 is 5.56. The van der Waals surface area contributed by atoms with Crippen LogP contribution in [-0.4, -0.2) is 16.6 Å². The van der Waals surface area contributed by atoms with Crippen molar-refractivity contribution in [2.45, 2.75) is 13.8 Å². The molecule has 2 heterocycles. The number of aromatic nitrogens is 2. The molecular formula is C18H15N3O. The third-order valence-corrected chi connectivity index (χ3v) is 3.41. The van der Waals surface area contributed by atoms with Crippen LogP contribution < -0.4 is 4.74 Å². The van der Waals surface area contributed by atoms with Crippen molar-refractivity contribution in [3.8, 4) is 23.1 Å². The van der Waals surface area contributed by atoms with Crippen LogP contribution in [0.3, 0.4) is 0 Å². The van der Waals surface area contributed by atoms with Gasteiger partial charge in [-0.3, -0.25) is 0 Å². The molecule has 0 amide bonds. The zero-order valence-corrected chi connectivity index (χ0v) is 12.5. The van der Waals surface area contributed by atoms with Crippen molar-refractivity contribution in [3.05, 3.63) is 53.7 Å². The minimum atomic E-state index is 0.342. The molecule has 0 spiro atoms. The average Bonchev–Trinajstić information content (AvgIpc) is 2.54. The molecule has 0 N–H and O–H groups in total. The molecule has 1 aromatic carbocycles. The maximum Gasteiger partial charge on any atom is 0.234 e. The van der Waals surface area contributed by atoms with E-state index in [1.54, 1.807) is 0 Å². The predicted octanol–water partition coefficient (Wildman–Crippen LogP) is 3.88. The minimum absolute atomic E-state index is 0.342. The standard InChI is InChI=1S/C18H15N3O/c1-3-22-18-15(11-19)16(13-7-5-4-6-8-13)14-10-9-12(2)20-17(14)21-18/h4-10H,3H2,1-2H3. The maximum atomic E-state index is 9.61. The number of pyridine rings is 2. The van der Waals surface area contributed by atoms with E-state index < -0.39 is 0 Å². The highest BCUT2D eigenvalue weighted by atomic mass is 16.5. The summed E-state index contributed by atoms with van der Waals surface area (Å²) in [5.41, 5.74) is 3.71. The van der Waals surface area contributed by atoms with Gasteiger partial charge in [0.25, 0.3) is 0 Å². The lowest BCUT2D eigenvalue weighted by atomic mass is 9.97. The second kappa shape index (κ2) is 5.82. The number of aryl methyl sites for hydroxylation is 1. The van der Waals surface area contributed by atoms with Gasteiger partial charge in [-0.05, 0) is 31.5 Å². The number of nitriles is 1. The highest BCUT2D eigenvalue weighted by molar-refractivity contribution is 5.96. The Balaban J connectivity index is 2.43. The number of benzene rings is 1. The monoisotopic (exact) mass is 289 g/mol. The smallest absolute Gasteiger partial charge is 0.234 e. The van der Waals surface area contributed by atoms with E-state index in [0.29, 0.717) is 23.7 Å². The van der Waals surface area contributed by atoms with Crippen LogP contribution in [0.25, 0.3) is 22.2 Å². The summed E-state index contributed by atoms with van der Waals surface area (Å²) >= 11 is 0. The first kappa shape index (κ1) is 14.0. The summed E-state index contributed by atoms with van der Waals surface area (Å²) in [6.45, 7) is 4.24. The summed E-state index contributed by atoms with van der Waals surface area (Å²) in [7, 11) is 0. The summed E-state index contributed by atoms with van der Waals surface area (Å²) in [5.74, 6) is 0.342. The van der Waals surface area contributed by atoms with E-state index in [0.717, 1.165) is 22.2 Å². The molecule has 4 heteroatoms. The Morgan fingerprint density at radius 2 is 1.86 bits per heavy atom. The quantitative estimate of drug-likeness (QED) is 0.734. The van der Waals surface area contributed by atoms with Gasteiger partial charge in [0.2, 0.25) is 5.88 Å². The van der Waals surface area contributed by atoms with E-state index >= 15 is 0 Å². The summed E-state index contributed by atoms with van der Waals surface area (Å²) in [6.07, 6.45) is 0. The second-order valence-corrected chi connectivity index (χ2v) is 4.90. The van der Waals surface area contributed by atoms with Gasteiger partial charge in [-0.1, -0.05) is 30.3 Å². The Morgan fingerprint density at radius 1 is 1.09 bits per heavy atom. The third kappa shape index (κ3) is 2.38. The van der Waals surface area contributed by atoms with E-state index in [-0.39, 0.29) is 0 Å². The molecule has 0 saturated carbocycles. The van der Waals surface area contributed by atoms with Crippen LogP contribution in [0, 0.1) is 18.3 Å². The number of nitrogens with zero attached hydrogens (tertiary/aromatic N) is 3. The van der Waals surface area contributed by atoms with Gasteiger partial charge in [0.1, 0.15) is 11.6 Å². The Morgan fingerprint density at radius 3 is 2.55 bits per heavy atom. The molecule has 0 unspecified atom stereocenters. The van der Waals surface area contributed by atoms with Gasteiger partial charge >= 0.3 is 0 Å². The van der Waals surface area contributed by atoms with E-state index in [9.17, 15) is 5.26 Å². The molecule has 0 radical (unpaired) electrons. The van der Waals surface area contributed by atoms with E-state index in [1.165, 1.54) is 0 Å². The van der Waals surface area contributed by atoms with Gasteiger partial charge in [0.05, 0.1) is 6.61 Å². The molecule has 108 valence electrons. The number of ether oxygens (including phenoxy) is 1. The topological polar surface area (TPSA) is 58.8 Å². The molecule has 22 heavy (non-hydrogen) atoms. The van der Waals surface area contributed by atoms with Gasteiger partial charge < -0.3 is 4.74 Å². The van der Waals surface area contributed by atoms with Gasteiger partial charge in [-0.25, -0.2) is 4.98 Å². The fourth-order valence-corrected chi connectivity index (χ4v) is 2.47. The molecule has 0 bridgehead atoms. The molecule has 0 aliphatic carbocycles. The van der Waals surface area contributed by atoms with E-state index in [2.05, 4.69) is 16.0 Å². The van der Waals surface area contributed by atoms with Crippen LogP contribution >= 0.6 is 0 Å². The fraction of sp³-hybridized carbons (Fsp3) is 0.167. The lowest BCUT2D eigenvalue weighted by molar-refractivity contribution is 0.327. The predicted molar refractivity (Wildman–Crippen MR) is 85.6 cm³/mol. The van der Waals surface area contributed by atoms with Crippen LogP contribution in [0.1, 0.15) is 18.2 Å². The molecule has 0 saturated heterocycles. The van der Waals surface area contributed by atoms with Crippen LogP contribution in [0.15, 0.2) is 42.5 Å². The summed E-state index contributed by atoms with van der Waals surface area (Å²) in [4.78, 5) is 8.91. The van der Waals surface area contributed by atoms with Gasteiger partial charge in [0, 0.05) is 16.6 Å². The van der Waals surface area contributed by atoms with Crippen LogP contribution in [0.2, 0.25) is 0 Å².